The van der Waals surface area contributed by atoms with Gasteiger partial charge >= 0.3 is 0 Å². The molecule has 0 aromatic heterocycles. The van der Waals surface area contributed by atoms with Gasteiger partial charge in [0.1, 0.15) is 0 Å². The summed E-state index contributed by atoms with van der Waals surface area (Å²) < 4.78 is 0. The molecule has 0 saturated heterocycles. The van der Waals surface area contributed by atoms with Crippen molar-refractivity contribution in [3.05, 3.63) is 29.8 Å². The molecule has 0 radical (unpaired) electrons. The van der Waals surface area contributed by atoms with Crippen molar-refractivity contribution in [2.24, 2.45) is 11.7 Å². The van der Waals surface area contributed by atoms with E-state index in [4.69, 9.17) is 5.73 Å². The van der Waals surface area contributed by atoms with Crippen molar-refractivity contribution >= 4 is 11.6 Å². The molecule has 94 valence electrons. The zero-order valence-electron chi connectivity index (χ0n) is 10.9. The predicted molar refractivity (Wildman–Crippen MR) is 72.0 cm³/mol. The number of benzene rings is 1. The van der Waals surface area contributed by atoms with E-state index in [1.165, 1.54) is 0 Å². The van der Waals surface area contributed by atoms with Crippen molar-refractivity contribution in [3.8, 4) is 0 Å². The fourth-order valence-corrected chi connectivity index (χ4v) is 1.85. The van der Waals surface area contributed by atoms with Crippen LogP contribution >= 0.6 is 0 Å². The first kappa shape index (κ1) is 13.7. The predicted octanol–water partition coefficient (Wildman–Crippen LogP) is 2.33. The first-order valence-electron chi connectivity index (χ1n) is 6.12. The van der Waals surface area contributed by atoms with Crippen molar-refractivity contribution in [2.45, 2.75) is 26.7 Å². The third kappa shape index (κ3) is 3.56. The lowest BCUT2D eigenvalue weighted by Crippen LogP contribution is -2.30. The lowest BCUT2D eigenvalue weighted by Gasteiger charge is -2.21. The number of hydrogen-bond donors (Lipinski definition) is 1. The van der Waals surface area contributed by atoms with Crippen molar-refractivity contribution < 1.29 is 4.79 Å². The molecule has 3 nitrogen and oxygen atoms in total. The zero-order valence-corrected chi connectivity index (χ0v) is 10.9. The van der Waals surface area contributed by atoms with Crippen LogP contribution in [0.2, 0.25) is 0 Å². The lowest BCUT2D eigenvalue weighted by atomic mass is 10.0. The Bertz CT molecular complexity index is 372. The number of amides is 1. The molecule has 0 aliphatic carbocycles. The number of nitrogens with two attached hydrogens (primary N) is 1. The van der Waals surface area contributed by atoms with Gasteiger partial charge in [0.15, 0.2) is 0 Å². The van der Waals surface area contributed by atoms with E-state index in [0.717, 1.165) is 17.7 Å². The van der Waals surface area contributed by atoms with Crippen LogP contribution in [-0.4, -0.2) is 19.5 Å². The molecule has 1 amide bonds. The summed E-state index contributed by atoms with van der Waals surface area (Å²) in [6.45, 7) is 4.65. The summed E-state index contributed by atoms with van der Waals surface area (Å²) in [7, 11) is 1.83. The smallest absolute Gasteiger partial charge is 0.227 e. The molecule has 0 heterocycles. The van der Waals surface area contributed by atoms with Gasteiger partial charge in [-0.3, -0.25) is 4.79 Å². The maximum atomic E-state index is 12.1. The second-order valence-corrected chi connectivity index (χ2v) is 4.45. The third-order valence-corrected chi connectivity index (χ3v) is 3.22. The second-order valence-electron chi connectivity index (χ2n) is 4.45. The van der Waals surface area contributed by atoms with Gasteiger partial charge in [-0.1, -0.05) is 31.5 Å². The van der Waals surface area contributed by atoms with Crippen LogP contribution in [-0.2, 0) is 4.79 Å². The molecule has 3 heteroatoms. The average molecular weight is 234 g/mol. The topological polar surface area (TPSA) is 46.3 Å². The van der Waals surface area contributed by atoms with E-state index < -0.39 is 0 Å². The van der Waals surface area contributed by atoms with E-state index in [1.54, 1.807) is 4.90 Å². The third-order valence-electron chi connectivity index (χ3n) is 3.22. The highest BCUT2D eigenvalue weighted by Crippen LogP contribution is 2.20. The molecular formula is C14H22N2O. The minimum atomic E-state index is 0.136. The van der Waals surface area contributed by atoms with Crippen molar-refractivity contribution in [2.75, 3.05) is 18.5 Å². The van der Waals surface area contributed by atoms with Crippen LogP contribution in [0.25, 0.3) is 0 Å². The molecule has 0 bridgehead atoms. The normalized spacial score (nSPS) is 12.2. The van der Waals surface area contributed by atoms with Gasteiger partial charge < -0.3 is 10.6 Å². The van der Waals surface area contributed by atoms with Crippen LogP contribution in [0, 0.1) is 12.8 Å². The Kier molecular flexibility index (Phi) is 5.16. The number of carbonyl (C=O) groups excluding carboxylic acids is 1. The number of anilines is 1. The number of carbonyl (C=O) groups is 1. The second kappa shape index (κ2) is 6.40. The molecule has 17 heavy (non-hydrogen) atoms. The zero-order chi connectivity index (χ0) is 12.8. The molecule has 2 N–H and O–H groups in total. The molecule has 1 rings (SSSR count). The van der Waals surface area contributed by atoms with Gasteiger partial charge in [0.25, 0.3) is 0 Å². The van der Waals surface area contributed by atoms with Crippen LogP contribution < -0.4 is 10.6 Å². The van der Waals surface area contributed by atoms with Crippen molar-refractivity contribution in [3.63, 3.8) is 0 Å². The maximum absolute atomic E-state index is 12.1. The van der Waals surface area contributed by atoms with Gasteiger partial charge in [0, 0.05) is 19.2 Å². The Morgan fingerprint density at radius 1 is 1.41 bits per heavy atom. The standard InChI is InChI=1S/C14H22N2O/c1-4-12(10-15)9-14(17)16(3)13-8-6-5-7-11(13)2/h5-8,12H,4,9-10,15H2,1-3H3. The Morgan fingerprint density at radius 3 is 2.59 bits per heavy atom. The van der Waals surface area contributed by atoms with Gasteiger partial charge in [-0.05, 0) is 31.0 Å². The van der Waals surface area contributed by atoms with Crippen LogP contribution in [0.15, 0.2) is 24.3 Å². The Balaban J connectivity index is 2.73. The van der Waals surface area contributed by atoms with Crippen LogP contribution in [0.3, 0.4) is 0 Å². The SMILES string of the molecule is CCC(CN)CC(=O)N(C)c1ccccc1C. The Morgan fingerprint density at radius 2 is 2.06 bits per heavy atom. The molecule has 1 aromatic rings. The molecule has 0 aliphatic heterocycles. The highest BCUT2D eigenvalue weighted by molar-refractivity contribution is 5.93. The number of para-hydroxylation sites is 1. The summed E-state index contributed by atoms with van der Waals surface area (Å²) in [4.78, 5) is 13.8. The van der Waals surface area contributed by atoms with Crippen LogP contribution in [0.5, 0.6) is 0 Å². The monoisotopic (exact) mass is 234 g/mol. The molecule has 0 saturated carbocycles. The summed E-state index contributed by atoms with van der Waals surface area (Å²) in [5, 5.41) is 0. The largest absolute Gasteiger partial charge is 0.330 e. The molecule has 1 unspecified atom stereocenters. The van der Waals surface area contributed by atoms with E-state index in [1.807, 2.05) is 38.2 Å². The van der Waals surface area contributed by atoms with Gasteiger partial charge in [0.2, 0.25) is 5.91 Å². The Labute approximate surface area is 104 Å². The number of rotatable bonds is 5. The summed E-state index contributed by atoms with van der Waals surface area (Å²) in [5.74, 6) is 0.422. The van der Waals surface area contributed by atoms with Gasteiger partial charge in [-0.2, -0.15) is 0 Å². The van der Waals surface area contributed by atoms with E-state index in [2.05, 4.69) is 6.92 Å². The van der Waals surface area contributed by atoms with Crippen LogP contribution in [0.4, 0.5) is 5.69 Å². The number of nitrogens with zero attached hydrogens (tertiary/aromatic N) is 1. The first-order chi connectivity index (χ1) is 8.10. The molecule has 0 spiro atoms. The average Bonchev–Trinajstić information content (AvgIpc) is 2.35. The molecular weight excluding hydrogens is 212 g/mol. The summed E-state index contributed by atoms with van der Waals surface area (Å²) in [6, 6.07) is 7.91. The highest BCUT2D eigenvalue weighted by Gasteiger charge is 2.16. The van der Waals surface area contributed by atoms with E-state index >= 15 is 0 Å². The Hall–Kier alpha value is -1.35. The minimum absolute atomic E-state index is 0.136. The summed E-state index contributed by atoms with van der Waals surface area (Å²) in [5.41, 5.74) is 7.72. The lowest BCUT2D eigenvalue weighted by molar-refractivity contribution is -0.119. The fourth-order valence-electron chi connectivity index (χ4n) is 1.85. The first-order valence-corrected chi connectivity index (χ1v) is 6.12. The van der Waals surface area contributed by atoms with E-state index in [0.29, 0.717) is 13.0 Å². The van der Waals surface area contributed by atoms with E-state index in [9.17, 15) is 4.79 Å². The molecule has 1 atom stereocenters. The van der Waals surface area contributed by atoms with Gasteiger partial charge in [0.05, 0.1) is 0 Å². The van der Waals surface area contributed by atoms with Crippen molar-refractivity contribution in [1.82, 2.24) is 0 Å². The quantitative estimate of drug-likeness (QED) is 0.850. The fraction of sp³-hybridized carbons (Fsp3) is 0.500. The summed E-state index contributed by atoms with van der Waals surface area (Å²) in [6.07, 6.45) is 1.47. The number of aryl methyl sites for hydroxylation is 1. The molecule has 0 fully saturated rings. The van der Waals surface area contributed by atoms with E-state index in [-0.39, 0.29) is 11.8 Å². The molecule has 0 aliphatic rings. The minimum Gasteiger partial charge on any atom is -0.330 e. The maximum Gasteiger partial charge on any atom is 0.227 e. The van der Waals surface area contributed by atoms with Crippen LogP contribution in [0.1, 0.15) is 25.3 Å². The summed E-state index contributed by atoms with van der Waals surface area (Å²) >= 11 is 0. The highest BCUT2D eigenvalue weighted by atomic mass is 16.2. The van der Waals surface area contributed by atoms with Gasteiger partial charge in [-0.25, -0.2) is 0 Å². The molecule has 1 aromatic carbocycles. The van der Waals surface area contributed by atoms with Crippen molar-refractivity contribution in [1.29, 1.82) is 0 Å². The number of hydrogen-bond acceptors (Lipinski definition) is 2. The van der Waals surface area contributed by atoms with Gasteiger partial charge in [-0.15, -0.1) is 0 Å².